The highest BCUT2D eigenvalue weighted by Gasteiger charge is 2.11. The van der Waals surface area contributed by atoms with Gasteiger partial charge in [0.15, 0.2) is 0 Å². The Balaban J connectivity index is 2.39. The van der Waals surface area contributed by atoms with Gasteiger partial charge < -0.3 is 9.84 Å². The van der Waals surface area contributed by atoms with Crippen molar-refractivity contribution in [1.82, 2.24) is 0 Å². The van der Waals surface area contributed by atoms with Crippen LogP contribution in [-0.4, -0.2) is 18.2 Å². The largest absolute Gasteiger partial charge is 0.507 e. The van der Waals surface area contributed by atoms with Gasteiger partial charge in [-0.15, -0.1) is 0 Å². The SMILES string of the molecule is CCCCCCCCc1ccc(C(=O)OC)c(O)c1. The fraction of sp³-hybridized carbons (Fsp3) is 0.562. The van der Waals surface area contributed by atoms with Crippen molar-refractivity contribution in [2.75, 3.05) is 7.11 Å². The van der Waals surface area contributed by atoms with Crippen LogP contribution >= 0.6 is 0 Å². The maximum absolute atomic E-state index is 11.3. The van der Waals surface area contributed by atoms with Crippen LogP contribution in [0.5, 0.6) is 5.75 Å². The van der Waals surface area contributed by atoms with Crippen LogP contribution in [0.25, 0.3) is 0 Å². The number of hydrogen-bond acceptors (Lipinski definition) is 3. The van der Waals surface area contributed by atoms with Gasteiger partial charge in [-0.3, -0.25) is 0 Å². The van der Waals surface area contributed by atoms with Crippen molar-refractivity contribution in [3.05, 3.63) is 29.3 Å². The summed E-state index contributed by atoms with van der Waals surface area (Å²) in [6.07, 6.45) is 8.46. The van der Waals surface area contributed by atoms with Gasteiger partial charge in [0.25, 0.3) is 0 Å². The molecule has 0 radical (unpaired) electrons. The first-order valence-electron chi connectivity index (χ1n) is 7.09. The zero-order chi connectivity index (χ0) is 14.1. The van der Waals surface area contributed by atoms with Crippen LogP contribution in [0.15, 0.2) is 18.2 Å². The number of hydrogen-bond donors (Lipinski definition) is 1. The molecule has 0 fully saturated rings. The molecule has 0 atom stereocenters. The Kier molecular flexibility index (Phi) is 7.01. The minimum atomic E-state index is -0.497. The molecule has 0 aliphatic carbocycles. The summed E-state index contributed by atoms with van der Waals surface area (Å²) in [5.74, 6) is -0.487. The number of ether oxygens (including phenoxy) is 1. The summed E-state index contributed by atoms with van der Waals surface area (Å²) in [6.45, 7) is 2.21. The first kappa shape index (κ1) is 15.5. The number of benzene rings is 1. The van der Waals surface area contributed by atoms with E-state index >= 15 is 0 Å². The number of phenolic OH excluding ortho intramolecular Hbond substituents is 1. The molecule has 3 nitrogen and oxygen atoms in total. The van der Waals surface area contributed by atoms with Gasteiger partial charge in [-0.2, -0.15) is 0 Å². The maximum Gasteiger partial charge on any atom is 0.341 e. The second kappa shape index (κ2) is 8.57. The highest BCUT2D eigenvalue weighted by molar-refractivity contribution is 5.92. The Hall–Kier alpha value is -1.51. The van der Waals surface area contributed by atoms with E-state index in [1.165, 1.54) is 39.2 Å². The zero-order valence-corrected chi connectivity index (χ0v) is 11.9. The molecule has 19 heavy (non-hydrogen) atoms. The molecule has 1 aromatic carbocycles. The zero-order valence-electron chi connectivity index (χ0n) is 11.9. The second-order valence-electron chi connectivity index (χ2n) is 4.86. The Bertz CT molecular complexity index is 399. The van der Waals surface area contributed by atoms with Crippen molar-refractivity contribution in [2.45, 2.75) is 51.9 Å². The van der Waals surface area contributed by atoms with E-state index in [0.29, 0.717) is 0 Å². The summed E-state index contributed by atoms with van der Waals surface area (Å²) in [6, 6.07) is 5.18. The van der Waals surface area contributed by atoms with Crippen LogP contribution < -0.4 is 0 Å². The molecule has 1 N–H and O–H groups in total. The lowest BCUT2D eigenvalue weighted by molar-refractivity contribution is 0.0597. The molecule has 0 amide bonds. The number of carbonyl (C=O) groups excluding carboxylic acids is 1. The van der Waals surface area contributed by atoms with Crippen molar-refractivity contribution in [1.29, 1.82) is 0 Å². The fourth-order valence-electron chi connectivity index (χ4n) is 2.12. The lowest BCUT2D eigenvalue weighted by atomic mass is 10.0. The average molecular weight is 264 g/mol. The molecule has 0 saturated heterocycles. The predicted molar refractivity (Wildman–Crippen MR) is 76.5 cm³/mol. The van der Waals surface area contributed by atoms with Crippen LogP contribution in [0.2, 0.25) is 0 Å². The molecule has 0 aliphatic rings. The van der Waals surface area contributed by atoms with Crippen LogP contribution in [0.3, 0.4) is 0 Å². The smallest absolute Gasteiger partial charge is 0.341 e. The van der Waals surface area contributed by atoms with E-state index in [-0.39, 0.29) is 11.3 Å². The fourth-order valence-corrected chi connectivity index (χ4v) is 2.12. The molecule has 3 heteroatoms. The van der Waals surface area contributed by atoms with E-state index in [1.54, 1.807) is 12.1 Å². The van der Waals surface area contributed by atoms with E-state index in [2.05, 4.69) is 11.7 Å². The lowest BCUT2D eigenvalue weighted by Gasteiger charge is -2.06. The van der Waals surface area contributed by atoms with Gasteiger partial charge in [-0.1, -0.05) is 45.1 Å². The molecule has 0 heterocycles. The van der Waals surface area contributed by atoms with Crippen LogP contribution in [0.1, 0.15) is 61.4 Å². The van der Waals surface area contributed by atoms with Gasteiger partial charge in [0.1, 0.15) is 11.3 Å². The summed E-state index contributed by atoms with van der Waals surface area (Å²) in [5.41, 5.74) is 1.30. The summed E-state index contributed by atoms with van der Waals surface area (Å²) >= 11 is 0. The quantitative estimate of drug-likeness (QED) is 0.568. The minimum Gasteiger partial charge on any atom is -0.507 e. The number of methoxy groups -OCH3 is 1. The number of unbranched alkanes of at least 4 members (excludes halogenated alkanes) is 5. The molecular formula is C16H24O3. The van der Waals surface area contributed by atoms with Gasteiger partial charge >= 0.3 is 5.97 Å². The van der Waals surface area contributed by atoms with E-state index in [0.717, 1.165) is 18.4 Å². The third-order valence-electron chi connectivity index (χ3n) is 3.29. The maximum atomic E-state index is 11.3. The molecule has 0 bridgehead atoms. The van der Waals surface area contributed by atoms with Gasteiger partial charge in [0.2, 0.25) is 0 Å². The highest BCUT2D eigenvalue weighted by Crippen LogP contribution is 2.21. The predicted octanol–water partition coefficient (Wildman–Crippen LogP) is 4.08. The van der Waals surface area contributed by atoms with Gasteiger partial charge in [0, 0.05) is 0 Å². The van der Waals surface area contributed by atoms with Gasteiger partial charge in [0.05, 0.1) is 7.11 Å². The number of rotatable bonds is 8. The average Bonchev–Trinajstić information content (AvgIpc) is 2.42. The first-order valence-corrected chi connectivity index (χ1v) is 7.09. The summed E-state index contributed by atoms with van der Waals surface area (Å²) < 4.78 is 4.59. The molecule has 106 valence electrons. The number of esters is 1. The van der Waals surface area contributed by atoms with Crippen molar-refractivity contribution in [3.63, 3.8) is 0 Å². The molecule has 0 aromatic heterocycles. The number of carbonyl (C=O) groups is 1. The molecule has 1 aromatic rings. The van der Waals surface area contributed by atoms with E-state index in [4.69, 9.17) is 0 Å². The monoisotopic (exact) mass is 264 g/mol. The Labute approximate surface area is 115 Å². The Morgan fingerprint density at radius 3 is 2.47 bits per heavy atom. The standard InChI is InChI=1S/C16H24O3/c1-3-4-5-6-7-8-9-13-10-11-14(15(17)12-13)16(18)19-2/h10-12,17H,3-9H2,1-2H3. The van der Waals surface area contributed by atoms with E-state index in [9.17, 15) is 9.90 Å². The summed E-state index contributed by atoms with van der Waals surface area (Å²) in [5, 5.41) is 9.76. The summed E-state index contributed by atoms with van der Waals surface area (Å²) in [7, 11) is 1.31. The Morgan fingerprint density at radius 2 is 1.84 bits per heavy atom. The molecular weight excluding hydrogens is 240 g/mol. The number of aryl methyl sites for hydroxylation is 1. The van der Waals surface area contributed by atoms with Crippen LogP contribution in [0, 0.1) is 0 Å². The highest BCUT2D eigenvalue weighted by atomic mass is 16.5. The molecule has 0 aliphatic heterocycles. The van der Waals surface area contributed by atoms with Crippen molar-refractivity contribution < 1.29 is 14.6 Å². The molecule has 1 rings (SSSR count). The van der Waals surface area contributed by atoms with Gasteiger partial charge in [-0.05, 0) is 30.5 Å². The van der Waals surface area contributed by atoms with Crippen LogP contribution in [0.4, 0.5) is 0 Å². The summed E-state index contributed by atoms with van der Waals surface area (Å²) in [4.78, 5) is 11.3. The first-order chi connectivity index (χ1) is 9.19. The van der Waals surface area contributed by atoms with E-state index in [1.807, 2.05) is 6.07 Å². The number of aromatic hydroxyl groups is 1. The molecule has 0 saturated carbocycles. The third-order valence-corrected chi connectivity index (χ3v) is 3.29. The van der Waals surface area contributed by atoms with Crippen LogP contribution in [-0.2, 0) is 11.2 Å². The Morgan fingerprint density at radius 1 is 1.16 bits per heavy atom. The number of phenols is 1. The minimum absolute atomic E-state index is 0.00957. The van der Waals surface area contributed by atoms with Crippen molar-refractivity contribution in [3.8, 4) is 5.75 Å². The third kappa shape index (κ3) is 5.33. The molecule has 0 unspecified atom stereocenters. The van der Waals surface area contributed by atoms with E-state index < -0.39 is 5.97 Å². The van der Waals surface area contributed by atoms with Crippen molar-refractivity contribution in [2.24, 2.45) is 0 Å². The second-order valence-corrected chi connectivity index (χ2v) is 4.86. The normalized spacial score (nSPS) is 10.4. The van der Waals surface area contributed by atoms with Crippen molar-refractivity contribution >= 4 is 5.97 Å². The topological polar surface area (TPSA) is 46.5 Å². The molecule has 0 spiro atoms. The van der Waals surface area contributed by atoms with Gasteiger partial charge in [-0.25, -0.2) is 4.79 Å². The lowest BCUT2D eigenvalue weighted by Crippen LogP contribution is -2.01.